The Morgan fingerprint density at radius 3 is 2.84 bits per heavy atom. The van der Waals surface area contributed by atoms with Crippen molar-refractivity contribution in [2.75, 3.05) is 20.1 Å². The van der Waals surface area contributed by atoms with Gasteiger partial charge in [0.05, 0.1) is 12.8 Å². The number of hydrogen-bond acceptors (Lipinski definition) is 3. The zero-order valence-electron chi connectivity index (χ0n) is 12.5. The molecule has 0 unspecified atom stereocenters. The zero-order chi connectivity index (χ0) is 13.5. The van der Waals surface area contributed by atoms with E-state index in [0.717, 1.165) is 31.3 Å². The molecule has 0 aliphatic heterocycles. The maximum atomic E-state index is 5.64. The molecule has 1 heterocycles. The van der Waals surface area contributed by atoms with Crippen LogP contribution in [0.5, 0.6) is 0 Å². The molecule has 1 fully saturated rings. The minimum absolute atomic E-state index is 0.898. The number of furan rings is 1. The van der Waals surface area contributed by atoms with Gasteiger partial charge >= 0.3 is 0 Å². The number of nitrogens with zero attached hydrogens (tertiary/aromatic N) is 1. The predicted octanol–water partition coefficient (Wildman–Crippen LogP) is 3.40. The first-order chi connectivity index (χ1) is 9.28. The van der Waals surface area contributed by atoms with Gasteiger partial charge in [-0.2, -0.15) is 0 Å². The Labute approximate surface area is 117 Å². The quantitative estimate of drug-likeness (QED) is 0.818. The van der Waals surface area contributed by atoms with Crippen LogP contribution >= 0.6 is 0 Å². The molecule has 0 bridgehead atoms. The number of nitrogens with one attached hydrogen (secondary N) is 1. The monoisotopic (exact) mass is 264 g/mol. The molecule has 0 atom stereocenters. The molecule has 1 aliphatic carbocycles. The van der Waals surface area contributed by atoms with E-state index in [1.54, 1.807) is 0 Å². The van der Waals surface area contributed by atoms with Crippen LogP contribution in [0.4, 0.5) is 0 Å². The molecule has 108 valence electrons. The maximum absolute atomic E-state index is 5.64. The first kappa shape index (κ1) is 14.6. The van der Waals surface area contributed by atoms with Crippen LogP contribution in [0, 0.1) is 5.92 Å². The van der Waals surface area contributed by atoms with E-state index in [2.05, 4.69) is 30.3 Å². The minimum atomic E-state index is 0.898. The SMILES string of the molecule is CCNCc1coc(CN(C)CC2CCCCC2)c1. The summed E-state index contributed by atoms with van der Waals surface area (Å²) in [6.45, 7) is 6.18. The maximum Gasteiger partial charge on any atom is 0.118 e. The Morgan fingerprint density at radius 2 is 2.11 bits per heavy atom. The van der Waals surface area contributed by atoms with E-state index >= 15 is 0 Å². The highest BCUT2D eigenvalue weighted by Gasteiger charge is 2.16. The van der Waals surface area contributed by atoms with E-state index in [4.69, 9.17) is 4.42 Å². The van der Waals surface area contributed by atoms with Gasteiger partial charge in [-0.15, -0.1) is 0 Å². The lowest BCUT2D eigenvalue weighted by molar-refractivity contribution is 0.216. The molecule has 1 aromatic rings. The Balaban J connectivity index is 1.74. The molecule has 0 spiro atoms. The van der Waals surface area contributed by atoms with Gasteiger partial charge in [-0.05, 0) is 38.4 Å². The van der Waals surface area contributed by atoms with Gasteiger partial charge in [-0.1, -0.05) is 26.2 Å². The average molecular weight is 264 g/mol. The Bertz CT molecular complexity index is 355. The van der Waals surface area contributed by atoms with Crippen LogP contribution in [0.1, 0.15) is 50.4 Å². The average Bonchev–Trinajstić information content (AvgIpc) is 2.85. The smallest absolute Gasteiger partial charge is 0.118 e. The van der Waals surface area contributed by atoms with E-state index in [9.17, 15) is 0 Å². The highest BCUT2D eigenvalue weighted by molar-refractivity contribution is 5.12. The van der Waals surface area contributed by atoms with Crippen LogP contribution in [0.25, 0.3) is 0 Å². The molecule has 19 heavy (non-hydrogen) atoms. The van der Waals surface area contributed by atoms with Crippen molar-refractivity contribution in [2.45, 2.75) is 52.1 Å². The van der Waals surface area contributed by atoms with Crippen molar-refractivity contribution in [3.05, 3.63) is 23.7 Å². The van der Waals surface area contributed by atoms with Crippen molar-refractivity contribution in [1.29, 1.82) is 0 Å². The number of rotatable bonds is 7. The molecule has 1 N–H and O–H groups in total. The van der Waals surface area contributed by atoms with Gasteiger partial charge in [0.1, 0.15) is 5.76 Å². The molecule has 1 aliphatic rings. The molecule has 2 rings (SSSR count). The fourth-order valence-corrected chi connectivity index (χ4v) is 3.01. The zero-order valence-corrected chi connectivity index (χ0v) is 12.5. The second kappa shape index (κ2) is 7.71. The molecule has 1 aromatic heterocycles. The van der Waals surface area contributed by atoms with Crippen LogP contribution in [-0.4, -0.2) is 25.0 Å². The van der Waals surface area contributed by atoms with Crippen LogP contribution in [0.15, 0.2) is 16.7 Å². The summed E-state index contributed by atoms with van der Waals surface area (Å²) in [5, 5.41) is 3.32. The van der Waals surface area contributed by atoms with E-state index < -0.39 is 0 Å². The van der Waals surface area contributed by atoms with Gasteiger partial charge in [0.15, 0.2) is 0 Å². The molecule has 0 saturated heterocycles. The lowest BCUT2D eigenvalue weighted by atomic mass is 9.89. The highest BCUT2D eigenvalue weighted by atomic mass is 16.3. The first-order valence-electron chi connectivity index (χ1n) is 7.73. The van der Waals surface area contributed by atoms with Gasteiger partial charge in [-0.3, -0.25) is 4.90 Å². The lowest BCUT2D eigenvalue weighted by Gasteiger charge is -2.26. The minimum Gasteiger partial charge on any atom is -0.468 e. The summed E-state index contributed by atoms with van der Waals surface area (Å²) < 4.78 is 5.64. The van der Waals surface area contributed by atoms with Crippen LogP contribution < -0.4 is 5.32 Å². The number of hydrogen-bond donors (Lipinski definition) is 1. The first-order valence-corrected chi connectivity index (χ1v) is 7.73. The van der Waals surface area contributed by atoms with Crippen molar-refractivity contribution >= 4 is 0 Å². The molecule has 0 radical (unpaired) electrons. The molecule has 0 aromatic carbocycles. The molecule has 0 amide bonds. The summed E-state index contributed by atoms with van der Waals surface area (Å²) in [5.41, 5.74) is 1.25. The normalized spacial score (nSPS) is 17.2. The van der Waals surface area contributed by atoms with Crippen molar-refractivity contribution in [3.8, 4) is 0 Å². The van der Waals surface area contributed by atoms with E-state index in [0.29, 0.717) is 0 Å². The Morgan fingerprint density at radius 1 is 1.32 bits per heavy atom. The van der Waals surface area contributed by atoms with Crippen LogP contribution in [0.2, 0.25) is 0 Å². The van der Waals surface area contributed by atoms with Gasteiger partial charge < -0.3 is 9.73 Å². The fourth-order valence-electron chi connectivity index (χ4n) is 3.01. The highest BCUT2D eigenvalue weighted by Crippen LogP contribution is 2.24. The summed E-state index contributed by atoms with van der Waals surface area (Å²) >= 11 is 0. The largest absolute Gasteiger partial charge is 0.468 e. The van der Waals surface area contributed by atoms with Crippen molar-refractivity contribution < 1.29 is 4.42 Å². The van der Waals surface area contributed by atoms with Gasteiger partial charge in [0, 0.05) is 18.7 Å². The third kappa shape index (κ3) is 5.00. The fraction of sp³-hybridized carbons (Fsp3) is 0.750. The Kier molecular flexibility index (Phi) is 5.93. The predicted molar refractivity (Wildman–Crippen MR) is 79.0 cm³/mol. The van der Waals surface area contributed by atoms with Crippen molar-refractivity contribution in [3.63, 3.8) is 0 Å². The van der Waals surface area contributed by atoms with Crippen LogP contribution in [0.3, 0.4) is 0 Å². The molecular formula is C16H28N2O. The van der Waals surface area contributed by atoms with E-state index in [-0.39, 0.29) is 0 Å². The Hall–Kier alpha value is -0.800. The van der Waals surface area contributed by atoms with Crippen molar-refractivity contribution in [1.82, 2.24) is 10.2 Å². The van der Waals surface area contributed by atoms with Crippen LogP contribution in [-0.2, 0) is 13.1 Å². The standard InChI is InChI=1S/C16H28N2O/c1-3-17-10-15-9-16(19-13-15)12-18(2)11-14-7-5-4-6-8-14/h9,13-14,17H,3-8,10-12H2,1-2H3. The molecule has 3 nitrogen and oxygen atoms in total. The van der Waals surface area contributed by atoms with Gasteiger partial charge in [-0.25, -0.2) is 0 Å². The second-order valence-corrected chi connectivity index (χ2v) is 5.90. The van der Waals surface area contributed by atoms with Gasteiger partial charge in [0.2, 0.25) is 0 Å². The van der Waals surface area contributed by atoms with Crippen molar-refractivity contribution in [2.24, 2.45) is 5.92 Å². The summed E-state index contributed by atoms with van der Waals surface area (Å²) in [6, 6.07) is 2.18. The second-order valence-electron chi connectivity index (χ2n) is 5.90. The summed E-state index contributed by atoms with van der Waals surface area (Å²) in [7, 11) is 2.21. The third-order valence-electron chi connectivity index (χ3n) is 4.01. The lowest BCUT2D eigenvalue weighted by Crippen LogP contribution is -2.26. The summed E-state index contributed by atoms with van der Waals surface area (Å²) in [4.78, 5) is 2.41. The molecule has 3 heteroatoms. The van der Waals surface area contributed by atoms with E-state index in [1.807, 2.05) is 6.26 Å². The topological polar surface area (TPSA) is 28.4 Å². The van der Waals surface area contributed by atoms with E-state index in [1.165, 1.54) is 44.2 Å². The van der Waals surface area contributed by atoms with Gasteiger partial charge in [0.25, 0.3) is 0 Å². The molecule has 1 saturated carbocycles. The summed E-state index contributed by atoms with van der Waals surface area (Å²) in [5.74, 6) is 1.99. The third-order valence-corrected chi connectivity index (χ3v) is 4.01. The summed E-state index contributed by atoms with van der Waals surface area (Å²) in [6.07, 6.45) is 8.99. The molecular weight excluding hydrogens is 236 g/mol.